The number of hydrogen-bond acceptors (Lipinski definition) is 5. The molecule has 0 saturated carbocycles. The fraction of sp³-hybridized carbons (Fsp3) is 0. The molecule has 0 aromatic carbocycles. The van der Waals surface area contributed by atoms with Gasteiger partial charge in [-0.25, -0.2) is 9.78 Å². The molecular weight excluding hydrogens is 266 g/mol. The molecule has 2 aromatic rings. The maximum Gasteiger partial charge on any atom is 0.335 e. The number of amides is 1. The van der Waals surface area contributed by atoms with Gasteiger partial charge in [-0.05, 0) is 12.1 Å². The number of aromatic hydroxyl groups is 1. The first-order chi connectivity index (χ1) is 9.45. The van der Waals surface area contributed by atoms with Crippen LogP contribution in [0.2, 0.25) is 0 Å². The van der Waals surface area contributed by atoms with E-state index in [-0.39, 0.29) is 16.9 Å². The first-order valence-corrected chi connectivity index (χ1v) is 5.40. The first kappa shape index (κ1) is 13.3. The third-order valence-corrected chi connectivity index (χ3v) is 2.34. The van der Waals surface area contributed by atoms with Gasteiger partial charge in [-0.3, -0.25) is 14.6 Å². The number of hydrogen-bond donors (Lipinski definition) is 4. The predicted molar refractivity (Wildman–Crippen MR) is 67.9 cm³/mol. The van der Waals surface area contributed by atoms with E-state index in [1.54, 1.807) is 0 Å². The van der Waals surface area contributed by atoms with Crippen molar-refractivity contribution in [3.63, 3.8) is 0 Å². The van der Waals surface area contributed by atoms with Crippen LogP contribution in [0.25, 0.3) is 0 Å². The zero-order valence-corrected chi connectivity index (χ0v) is 9.95. The zero-order valence-electron chi connectivity index (χ0n) is 9.95. The standard InChI is InChI=1S/C12H9N3O5/c16-9-4-7(5-10(17)15-9)11(18)14-8-3-6(12(19)20)1-2-13-8/h1-5H,(H,19,20)(H,13,14,18)(H2,15,16,17). The number of carboxylic acid groups (broad SMARTS) is 1. The average molecular weight is 275 g/mol. The Kier molecular flexibility index (Phi) is 3.47. The smallest absolute Gasteiger partial charge is 0.335 e. The molecule has 2 heterocycles. The minimum atomic E-state index is -1.16. The van der Waals surface area contributed by atoms with Crippen molar-refractivity contribution in [3.05, 3.63) is 51.9 Å². The first-order valence-electron chi connectivity index (χ1n) is 5.40. The number of anilines is 1. The van der Waals surface area contributed by atoms with Crippen molar-refractivity contribution >= 4 is 17.7 Å². The van der Waals surface area contributed by atoms with Gasteiger partial charge >= 0.3 is 5.97 Å². The molecule has 0 unspecified atom stereocenters. The van der Waals surface area contributed by atoms with Crippen LogP contribution in [0, 0.1) is 0 Å². The van der Waals surface area contributed by atoms with Crippen LogP contribution in [0.15, 0.2) is 35.3 Å². The van der Waals surface area contributed by atoms with Gasteiger partial charge in [-0.1, -0.05) is 0 Å². The summed E-state index contributed by atoms with van der Waals surface area (Å²) >= 11 is 0. The van der Waals surface area contributed by atoms with E-state index in [1.807, 2.05) is 0 Å². The third-order valence-electron chi connectivity index (χ3n) is 2.34. The highest BCUT2D eigenvalue weighted by Crippen LogP contribution is 2.10. The van der Waals surface area contributed by atoms with Crippen molar-refractivity contribution in [2.45, 2.75) is 0 Å². The number of pyridine rings is 2. The van der Waals surface area contributed by atoms with E-state index in [0.29, 0.717) is 0 Å². The van der Waals surface area contributed by atoms with Crippen LogP contribution in [0.4, 0.5) is 5.82 Å². The van der Waals surface area contributed by atoms with Crippen molar-refractivity contribution < 1.29 is 19.8 Å². The summed E-state index contributed by atoms with van der Waals surface area (Å²) in [4.78, 5) is 39.6. The van der Waals surface area contributed by atoms with Gasteiger partial charge in [-0.2, -0.15) is 0 Å². The number of carbonyl (C=O) groups excluding carboxylic acids is 1. The van der Waals surface area contributed by atoms with Crippen molar-refractivity contribution in [2.75, 3.05) is 5.32 Å². The average Bonchev–Trinajstić information content (AvgIpc) is 2.37. The van der Waals surface area contributed by atoms with Crippen molar-refractivity contribution in [1.82, 2.24) is 9.97 Å². The molecule has 4 N–H and O–H groups in total. The molecule has 102 valence electrons. The van der Waals surface area contributed by atoms with Crippen LogP contribution < -0.4 is 10.9 Å². The summed E-state index contributed by atoms with van der Waals surface area (Å²) in [5, 5.41) is 20.3. The molecule has 0 saturated heterocycles. The quantitative estimate of drug-likeness (QED) is 0.642. The number of nitrogens with one attached hydrogen (secondary N) is 2. The summed E-state index contributed by atoms with van der Waals surface area (Å²) < 4.78 is 0. The zero-order chi connectivity index (χ0) is 14.7. The van der Waals surface area contributed by atoms with Crippen LogP contribution in [0.5, 0.6) is 5.88 Å². The summed E-state index contributed by atoms with van der Waals surface area (Å²) in [6.07, 6.45) is 1.23. The molecule has 0 aliphatic rings. The number of carboxylic acids is 1. The highest BCUT2D eigenvalue weighted by atomic mass is 16.4. The number of rotatable bonds is 3. The maximum absolute atomic E-state index is 11.8. The lowest BCUT2D eigenvalue weighted by Crippen LogP contribution is -2.16. The lowest BCUT2D eigenvalue weighted by molar-refractivity contribution is 0.0696. The monoisotopic (exact) mass is 275 g/mol. The van der Waals surface area contributed by atoms with E-state index in [9.17, 15) is 19.5 Å². The van der Waals surface area contributed by atoms with E-state index in [1.165, 1.54) is 18.3 Å². The Morgan fingerprint density at radius 2 is 1.95 bits per heavy atom. The highest BCUT2D eigenvalue weighted by molar-refractivity contribution is 6.04. The molecule has 0 fully saturated rings. The van der Waals surface area contributed by atoms with Gasteiger partial charge in [0.1, 0.15) is 5.82 Å². The number of aromatic nitrogens is 2. The van der Waals surface area contributed by atoms with Crippen LogP contribution in [-0.2, 0) is 0 Å². The Balaban J connectivity index is 2.25. The second-order valence-electron chi connectivity index (χ2n) is 3.81. The van der Waals surface area contributed by atoms with Crippen LogP contribution in [0.3, 0.4) is 0 Å². The molecular formula is C12H9N3O5. The second kappa shape index (κ2) is 5.22. The van der Waals surface area contributed by atoms with Crippen molar-refractivity contribution in [1.29, 1.82) is 0 Å². The van der Waals surface area contributed by atoms with Gasteiger partial charge in [0.15, 0.2) is 5.88 Å². The molecule has 0 aliphatic carbocycles. The van der Waals surface area contributed by atoms with E-state index in [4.69, 9.17) is 5.11 Å². The Labute approximate surface area is 111 Å². The Morgan fingerprint density at radius 3 is 2.60 bits per heavy atom. The van der Waals surface area contributed by atoms with Gasteiger partial charge in [0.05, 0.1) is 11.1 Å². The van der Waals surface area contributed by atoms with E-state index in [0.717, 1.165) is 12.1 Å². The minimum absolute atomic E-state index is 0.0228. The summed E-state index contributed by atoms with van der Waals surface area (Å²) in [6.45, 7) is 0. The van der Waals surface area contributed by atoms with Gasteiger partial charge in [-0.15, -0.1) is 0 Å². The van der Waals surface area contributed by atoms with Crippen LogP contribution in [0.1, 0.15) is 20.7 Å². The number of carbonyl (C=O) groups is 2. The lowest BCUT2D eigenvalue weighted by Gasteiger charge is -2.05. The van der Waals surface area contributed by atoms with Gasteiger partial charge in [0.25, 0.3) is 11.5 Å². The third kappa shape index (κ3) is 2.99. The van der Waals surface area contributed by atoms with E-state index >= 15 is 0 Å². The summed E-state index contributed by atoms with van der Waals surface area (Å²) in [7, 11) is 0. The molecule has 0 aliphatic heterocycles. The van der Waals surface area contributed by atoms with E-state index in [2.05, 4.69) is 15.3 Å². The summed E-state index contributed by atoms with van der Waals surface area (Å²) in [5.41, 5.74) is -0.750. The molecule has 1 amide bonds. The molecule has 2 aromatic heterocycles. The second-order valence-corrected chi connectivity index (χ2v) is 3.81. The Bertz CT molecular complexity index is 738. The Morgan fingerprint density at radius 1 is 1.20 bits per heavy atom. The predicted octanol–water partition coefficient (Wildman–Crippen LogP) is 0.426. The molecule has 0 atom stereocenters. The topological polar surface area (TPSA) is 132 Å². The molecule has 0 bridgehead atoms. The lowest BCUT2D eigenvalue weighted by atomic mass is 10.2. The number of H-pyrrole nitrogens is 1. The SMILES string of the molecule is O=C(O)c1ccnc(NC(=O)c2cc(O)[nH]c(=O)c2)c1. The number of aromatic carboxylic acids is 1. The van der Waals surface area contributed by atoms with Crippen molar-refractivity contribution in [3.8, 4) is 5.88 Å². The number of nitrogens with zero attached hydrogens (tertiary/aromatic N) is 1. The molecule has 8 heteroatoms. The molecule has 2 rings (SSSR count). The van der Waals surface area contributed by atoms with Crippen molar-refractivity contribution in [2.24, 2.45) is 0 Å². The number of aromatic amines is 1. The maximum atomic E-state index is 11.8. The normalized spacial score (nSPS) is 10.0. The van der Waals surface area contributed by atoms with Gasteiger partial charge in [0, 0.05) is 18.3 Å². The van der Waals surface area contributed by atoms with E-state index < -0.39 is 23.3 Å². The Hall–Kier alpha value is -3.16. The van der Waals surface area contributed by atoms with Crippen LogP contribution >= 0.6 is 0 Å². The molecule has 0 spiro atoms. The summed E-state index contributed by atoms with van der Waals surface area (Å²) in [5.74, 6) is -2.28. The fourth-order valence-electron chi connectivity index (χ4n) is 1.48. The van der Waals surface area contributed by atoms with Crippen LogP contribution in [-0.4, -0.2) is 32.1 Å². The molecule has 0 radical (unpaired) electrons. The highest BCUT2D eigenvalue weighted by Gasteiger charge is 2.11. The molecule has 8 nitrogen and oxygen atoms in total. The largest absolute Gasteiger partial charge is 0.494 e. The summed E-state index contributed by atoms with van der Waals surface area (Å²) in [6, 6.07) is 4.51. The fourth-order valence-corrected chi connectivity index (χ4v) is 1.48. The minimum Gasteiger partial charge on any atom is -0.494 e. The van der Waals surface area contributed by atoms with Gasteiger partial charge in [0.2, 0.25) is 0 Å². The molecule has 20 heavy (non-hydrogen) atoms. The van der Waals surface area contributed by atoms with Gasteiger partial charge < -0.3 is 15.5 Å².